The second kappa shape index (κ2) is 12.4. The molecule has 0 bridgehead atoms. The molecule has 8 nitrogen and oxygen atoms in total. The molecular formula is C31H32Cl2N6O2. The van der Waals surface area contributed by atoms with Crippen LogP contribution in [0.1, 0.15) is 15.9 Å². The van der Waals surface area contributed by atoms with Crippen LogP contribution in [0.2, 0.25) is 10.0 Å². The molecule has 1 N–H and O–H groups in total. The third-order valence-corrected chi connectivity index (χ3v) is 8.20. The Bertz CT molecular complexity index is 1570. The van der Waals surface area contributed by atoms with Gasteiger partial charge in [-0.25, -0.2) is 9.97 Å². The first-order valence-electron chi connectivity index (χ1n) is 13.4. The number of rotatable bonds is 7. The number of fused-ring (bicyclic) bond motifs is 1. The van der Waals surface area contributed by atoms with Crippen LogP contribution in [0.15, 0.2) is 67.0 Å². The van der Waals surface area contributed by atoms with Crippen molar-refractivity contribution in [2.45, 2.75) is 12.5 Å². The first-order valence-corrected chi connectivity index (χ1v) is 14.2. The minimum Gasteiger partial charge on any atom is -0.353 e. The normalized spacial score (nSPS) is 14.6. The molecular weight excluding hydrogens is 559 g/mol. The van der Waals surface area contributed by atoms with E-state index in [2.05, 4.69) is 32.1 Å². The lowest BCUT2D eigenvalue weighted by molar-refractivity contribution is -0.130. The van der Waals surface area contributed by atoms with Crippen LogP contribution in [-0.4, -0.2) is 84.9 Å². The number of nitrogens with zero attached hydrogens (tertiary/aromatic N) is 5. The van der Waals surface area contributed by atoms with Crippen LogP contribution in [0.4, 0.5) is 5.82 Å². The molecule has 3 aromatic carbocycles. The molecule has 0 aliphatic carbocycles. The summed E-state index contributed by atoms with van der Waals surface area (Å²) in [5.41, 5.74) is 3.76. The average molecular weight is 592 g/mol. The van der Waals surface area contributed by atoms with Crippen molar-refractivity contribution in [3.05, 3.63) is 88.2 Å². The zero-order valence-electron chi connectivity index (χ0n) is 23.3. The van der Waals surface area contributed by atoms with Gasteiger partial charge in [0.2, 0.25) is 5.91 Å². The Balaban J connectivity index is 1.34. The standard InChI is InChI=1S/C31H32Cl2N6O2/c1-37(2)31(41)27(17-20-7-9-21(10-8-20)23-5-4-6-25(32)28(23)33)36-30(40)22-11-12-24-26(18-22)34-19-35-29(24)39-15-13-38(3)14-16-39/h4-12,18-19,27H,13-17H2,1-3H3,(H,36,40)/t27-/m0/s1. The summed E-state index contributed by atoms with van der Waals surface area (Å²) in [5, 5.41) is 4.82. The van der Waals surface area contributed by atoms with Crippen molar-refractivity contribution in [1.29, 1.82) is 0 Å². The highest BCUT2D eigenvalue weighted by atomic mass is 35.5. The number of amides is 2. The molecule has 2 amide bonds. The summed E-state index contributed by atoms with van der Waals surface area (Å²) in [5.74, 6) is 0.341. The van der Waals surface area contributed by atoms with Crippen LogP contribution >= 0.6 is 23.2 Å². The summed E-state index contributed by atoms with van der Waals surface area (Å²) in [7, 11) is 5.47. The summed E-state index contributed by atoms with van der Waals surface area (Å²) in [6.07, 6.45) is 1.87. The van der Waals surface area contributed by atoms with Crippen molar-refractivity contribution >= 4 is 51.7 Å². The van der Waals surface area contributed by atoms with E-state index >= 15 is 0 Å². The van der Waals surface area contributed by atoms with Gasteiger partial charge in [0, 0.05) is 63.2 Å². The zero-order chi connectivity index (χ0) is 29.1. The quantitative estimate of drug-likeness (QED) is 0.333. The van der Waals surface area contributed by atoms with Gasteiger partial charge in [0.25, 0.3) is 5.91 Å². The Kier molecular flexibility index (Phi) is 8.73. The molecule has 0 saturated carbocycles. The van der Waals surface area contributed by atoms with Gasteiger partial charge in [0.05, 0.1) is 15.6 Å². The Hall–Kier alpha value is -3.72. The first-order chi connectivity index (χ1) is 19.7. The largest absolute Gasteiger partial charge is 0.353 e. The number of hydrogen-bond donors (Lipinski definition) is 1. The SMILES string of the molecule is CN1CCN(c2ncnc3cc(C(=O)N[C@@H](Cc4ccc(-c5cccc(Cl)c5Cl)cc4)C(=O)N(C)C)ccc23)CC1. The lowest BCUT2D eigenvalue weighted by Gasteiger charge is -2.33. The van der Waals surface area contributed by atoms with Crippen LogP contribution in [0.25, 0.3) is 22.0 Å². The highest BCUT2D eigenvalue weighted by Gasteiger charge is 2.24. The molecule has 1 aliphatic heterocycles. The number of nitrogens with one attached hydrogen (secondary N) is 1. The molecule has 212 valence electrons. The predicted molar refractivity (Wildman–Crippen MR) is 165 cm³/mol. The minimum atomic E-state index is -0.750. The fourth-order valence-corrected chi connectivity index (χ4v) is 5.40. The van der Waals surface area contributed by atoms with Gasteiger partial charge in [-0.05, 0) is 42.4 Å². The van der Waals surface area contributed by atoms with Crippen LogP contribution in [-0.2, 0) is 11.2 Å². The molecule has 0 unspecified atom stereocenters. The number of carbonyl (C=O) groups excluding carboxylic acids is 2. The van der Waals surface area contributed by atoms with E-state index in [-0.39, 0.29) is 11.8 Å². The van der Waals surface area contributed by atoms with E-state index in [4.69, 9.17) is 23.2 Å². The number of halogens is 2. The van der Waals surface area contributed by atoms with Crippen molar-refractivity contribution in [3.63, 3.8) is 0 Å². The van der Waals surface area contributed by atoms with Gasteiger partial charge in [0.1, 0.15) is 18.2 Å². The maximum Gasteiger partial charge on any atom is 0.252 e. The molecule has 2 heterocycles. The Morgan fingerprint density at radius 1 is 0.976 bits per heavy atom. The number of likely N-dealkylation sites (N-methyl/N-ethyl adjacent to an activating group) is 2. The monoisotopic (exact) mass is 590 g/mol. The highest BCUT2D eigenvalue weighted by molar-refractivity contribution is 6.43. The molecule has 1 saturated heterocycles. The number of anilines is 1. The molecule has 1 aliphatic rings. The molecule has 0 radical (unpaired) electrons. The molecule has 1 atom stereocenters. The number of benzene rings is 3. The highest BCUT2D eigenvalue weighted by Crippen LogP contribution is 2.33. The molecule has 5 rings (SSSR count). The van der Waals surface area contributed by atoms with E-state index in [0.29, 0.717) is 27.5 Å². The maximum absolute atomic E-state index is 13.4. The Morgan fingerprint density at radius 3 is 2.41 bits per heavy atom. The number of carbonyl (C=O) groups is 2. The fraction of sp³-hybridized carbons (Fsp3) is 0.290. The van der Waals surface area contributed by atoms with Gasteiger partial charge in [0.15, 0.2) is 0 Å². The van der Waals surface area contributed by atoms with Gasteiger partial charge >= 0.3 is 0 Å². The minimum absolute atomic E-state index is 0.194. The molecule has 4 aromatic rings. The van der Waals surface area contributed by atoms with E-state index in [0.717, 1.165) is 54.1 Å². The average Bonchev–Trinajstić information content (AvgIpc) is 2.98. The van der Waals surface area contributed by atoms with Crippen LogP contribution in [0.3, 0.4) is 0 Å². The van der Waals surface area contributed by atoms with Crippen molar-refractivity contribution in [1.82, 2.24) is 25.1 Å². The summed E-state index contributed by atoms with van der Waals surface area (Å²) in [6.45, 7) is 3.69. The van der Waals surface area contributed by atoms with Gasteiger partial charge in [-0.15, -0.1) is 0 Å². The zero-order valence-corrected chi connectivity index (χ0v) is 24.8. The lowest BCUT2D eigenvalue weighted by Crippen LogP contribution is -2.47. The summed E-state index contributed by atoms with van der Waals surface area (Å²) >= 11 is 12.6. The molecule has 1 fully saturated rings. The third-order valence-electron chi connectivity index (χ3n) is 7.38. The summed E-state index contributed by atoms with van der Waals surface area (Å²) in [6, 6.07) is 17.9. The van der Waals surface area contributed by atoms with Crippen molar-refractivity contribution in [2.24, 2.45) is 0 Å². The third kappa shape index (κ3) is 6.45. The fourth-order valence-electron chi connectivity index (χ4n) is 4.99. The Labute approximate surface area is 249 Å². The summed E-state index contributed by atoms with van der Waals surface area (Å²) in [4.78, 5) is 41.5. The topological polar surface area (TPSA) is 81.7 Å². The first kappa shape index (κ1) is 28.8. The van der Waals surface area contributed by atoms with E-state index in [1.165, 1.54) is 11.2 Å². The molecule has 41 heavy (non-hydrogen) atoms. The van der Waals surface area contributed by atoms with Crippen LogP contribution < -0.4 is 10.2 Å². The van der Waals surface area contributed by atoms with Crippen LogP contribution in [0.5, 0.6) is 0 Å². The van der Waals surface area contributed by atoms with E-state index in [9.17, 15) is 9.59 Å². The van der Waals surface area contributed by atoms with E-state index in [1.54, 1.807) is 32.3 Å². The number of hydrogen-bond acceptors (Lipinski definition) is 6. The van der Waals surface area contributed by atoms with Crippen molar-refractivity contribution < 1.29 is 9.59 Å². The molecule has 10 heteroatoms. The van der Waals surface area contributed by atoms with Gasteiger partial charge in [-0.1, -0.05) is 59.6 Å². The van der Waals surface area contributed by atoms with E-state index in [1.807, 2.05) is 42.5 Å². The van der Waals surface area contributed by atoms with Crippen LogP contribution in [0, 0.1) is 0 Å². The van der Waals surface area contributed by atoms with Crippen molar-refractivity contribution in [2.75, 3.05) is 52.2 Å². The summed E-state index contributed by atoms with van der Waals surface area (Å²) < 4.78 is 0. The molecule has 0 spiro atoms. The van der Waals surface area contributed by atoms with E-state index < -0.39 is 6.04 Å². The Morgan fingerprint density at radius 2 is 1.71 bits per heavy atom. The van der Waals surface area contributed by atoms with Gasteiger partial charge in [-0.2, -0.15) is 0 Å². The second-order valence-electron chi connectivity index (χ2n) is 10.5. The smallest absolute Gasteiger partial charge is 0.252 e. The molecule has 1 aromatic heterocycles. The van der Waals surface area contributed by atoms with Gasteiger partial charge in [-0.3, -0.25) is 9.59 Å². The number of aromatic nitrogens is 2. The van der Waals surface area contributed by atoms with Gasteiger partial charge < -0.3 is 20.0 Å². The predicted octanol–water partition coefficient (Wildman–Crippen LogP) is 4.78. The lowest BCUT2D eigenvalue weighted by atomic mass is 9.99. The van der Waals surface area contributed by atoms with Crippen molar-refractivity contribution in [3.8, 4) is 11.1 Å². The second-order valence-corrected chi connectivity index (χ2v) is 11.3. The maximum atomic E-state index is 13.4. The number of piperazine rings is 1.